The first-order valence-corrected chi connectivity index (χ1v) is 20.7. The van der Waals surface area contributed by atoms with Gasteiger partial charge in [-0.1, -0.05) is 160 Å². The number of rotatable bonds is 36. The van der Waals surface area contributed by atoms with Gasteiger partial charge in [0.2, 0.25) is 5.91 Å². The molecule has 0 radical (unpaired) electrons. The van der Waals surface area contributed by atoms with E-state index < -0.39 is 18.2 Å². The number of carbonyl (C=O) groups excluding carboxylic acids is 2. The van der Waals surface area contributed by atoms with E-state index in [2.05, 4.69) is 56.5 Å². The molecule has 0 aromatic rings. The summed E-state index contributed by atoms with van der Waals surface area (Å²) < 4.78 is 5.81. The summed E-state index contributed by atoms with van der Waals surface area (Å²) in [7, 11) is 0. The standard InChI is InChI=1S/C43H79NO5/c1-4-7-10-13-16-19-20-21-22-24-27-30-33-36-43(48)49-39(34-31-28-25-18-15-12-9-6-3)37-42(47)44-40(38-45)41(46)35-32-29-26-23-17-14-11-8-5-2/h12,15,21-22,27,30,39-41,45-46H,4-11,13-14,16-20,23-26,28-29,31-38H2,1-3H3,(H,44,47)/b15-12-,22-21-,30-27+. The molecule has 3 unspecified atom stereocenters. The van der Waals surface area contributed by atoms with Crippen molar-refractivity contribution in [2.75, 3.05) is 6.61 Å². The number of aliphatic hydroxyl groups excluding tert-OH is 2. The lowest BCUT2D eigenvalue weighted by molar-refractivity contribution is -0.150. The maximum atomic E-state index is 13.0. The lowest BCUT2D eigenvalue weighted by atomic mass is 10.0. The van der Waals surface area contributed by atoms with Crippen LogP contribution in [0.3, 0.4) is 0 Å². The van der Waals surface area contributed by atoms with Gasteiger partial charge in [0, 0.05) is 6.42 Å². The van der Waals surface area contributed by atoms with Gasteiger partial charge in [0.1, 0.15) is 6.10 Å². The van der Waals surface area contributed by atoms with Crippen LogP contribution in [-0.4, -0.2) is 46.9 Å². The van der Waals surface area contributed by atoms with E-state index in [9.17, 15) is 19.8 Å². The molecule has 0 aliphatic heterocycles. The quantitative estimate of drug-likeness (QED) is 0.0346. The summed E-state index contributed by atoms with van der Waals surface area (Å²) in [6.07, 6.45) is 40.8. The lowest BCUT2D eigenvalue weighted by Gasteiger charge is -2.24. The zero-order chi connectivity index (χ0) is 36.0. The highest BCUT2D eigenvalue weighted by molar-refractivity contribution is 5.77. The number of allylic oxidation sites excluding steroid dienone is 6. The van der Waals surface area contributed by atoms with Gasteiger partial charge < -0.3 is 20.3 Å². The minimum absolute atomic E-state index is 0.0443. The van der Waals surface area contributed by atoms with Gasteiger partial charge >= 0.3 is 5.97 Å². The summed E-state index contributed by atoms with van der Waals surface area (Å²) in [6.45, 7) is 6.34. The summed E-state index contributed by atoms with van der Waals surface area (Å²) in [5, 5.41) is 23.4. The van der Waals surface area contributed by atoms with Crippen LogP contribution in [0.4, 0.5) is 0 Å². The Kier molecular flexibility index (Phi) is 35.9. The molecule has 0 aromatic heterocycles. The summed E-state index contributed by atoms with van der Waals surface area (Å²) in [4.78, 5) is 25.7. The average Bonchev–Trinajstić information content (AvgIpc) is 3.09. The molecule has 0 aliphatic rings. The van der Waals surface area contributed by atoms with Gasteiger partial charge in [-0.25, -0.2) is 0 Å². The van der Waals surface area contributed by atoms with Crippen LogP contribution in [0.25, 0.3) is 0 Å². The fourth-order valence-electron chi connectivity index (χ4n) is 6.01. The van der Waals surface area contributed by atoms with Gasteiger partial charge in [0.15, 0.2) is 0 Å². The third-order valence-electron chi connectivity index (χ3n) is 9.19. The normalized spacial score (nSPS) is 13.8. The second kappa shape index (κ2) is 37.3. The summed E-state index contributed by atoms with van der Waals surface area (Å²) in [6, 6.07) is -0.710. The van der Waals surface area contributed by atoms with Crippen molar-refractivity contribution < 1.29 is 24.5 Å². The van der Waals surface area contributed by atoms with Gasteiger partial charge in [-0.2, -0.15) is 0 Å². The van der Waals surface area contributed by atoms with Gasteiger partial charge in [-0.05, 0) is 64.2 Å². The van der Waals surface area contributed by atoms with Crippen LogP contribution in [-0.2, 0) is 14.3 Å². The third-order valence-corrected chi connectivity index (χ3v) is 9.19. The summed E-state index contributed by atoms with van der Waals surface area (Å²) in [5.41, 5.74) is 0. The van der Waals surface area contributed by atoms with E-state index in [1.54, 1.807) is 0 Å². The fraction of sp³-hybridized carbons (Fsp3) is 0.814. The zero-order valence-electron chi connectivity index (χ0n) is 32.3. The lowest BCUT2D eigenvalue weighted by Crippen LogP contribution is -2.46. The van der Waals surface area contributed by atoms with Crippen molar-refractivity contribution in [1.29, 1.82) is 0 Å². The molecule has 3 N–H and O–H groups in total. The number of esters is 1. The Balaban J connectivity index is 4.64. The minimum atomic E-state index is -0.794. The molecule has 1 amide bonds. The molecule has 286 valence electrons. The molecular weight excluding hydrogens is 610 g/mol. The van der Waals surface area contributed by atoms with E-state index in [-0.39, 0.29) is 31.3 Å². The third kappa shape index (κ3) is 33.0. The summed E-state index contributed by atoms with van der Waals surface area (Å²) in [5.74, 6) is -0.578. The Morgan fingerprint density at radius 2 is 1.08 bits per heavy atom. The minimum Gasteiger partial charge on any atom is -0.462 e. The maximum absolute atomic E-state index is 13.0. The van der Waals surface area contributed by atoms with Gasteiger partial charge in [-0.3, -0.25) is 9.59 Å². The molecular formula is C43H79NO5. The number of carbonyl (C=O) groups is 2. The molecule has 0 aliphatic carbocycles. The number of aliphatic hydroxyl groups is 2. The average molecular weight is 690 g/mol. The van der Waals surface area contributed by atoms with E-state index in [1.165, 1.54) is 77.0 Å². The molecule has 6 heteroatoms. The monoisotopic (exact) mass is 690 g/mol. The van der Waals surface area contributed by atoms with Gasteiger partial charge in [0.05, 0.1) is 25.2 Å². The molecule has 0 bridgehead atoms. The predicted octanol–water partition coefficient (Wildman–Crippen LogP) is 11.4. The van der Waals surface area contributed by atoms with E-state index >= 15 is 0 Å². The van der Waals surface area contributed by atoms with Crippen molar-refractivity contribution in [2.45, 2.75) is 219 Å². The Bertz CT molecular complexity index is 823. The Hall–Kier alpha value is -1.92. The second-order valence-corrected chi connectivity index (χ2v) is 14.0. The molecule has 3 atom stereocenters. The first kappa shape index (κ1) is 47.1. The van der Waals surface area contributed by atoms with Crippen molar-refractivity contribution >= 4 is 11.9 Å². The topological polar surface area (TPSA) is 95.9 Å². The predicted molar refractivity (Wildman–Crippen MR) is 209 cm³/mol. The van der Waals surface area contributed by atoms with E-state index in [0.29, 0.717) is 19.3 Å². The molecule has 0 fully saturated rings. The zero-order valence-corrected chi connectivity index (χ0v) is 32.3. The number of unbranched alkanes of at least 4 members (excludes halogenated alkanes) is 18. The van der Waals surface area contributed by atoms with Gasteiger partial charge in [0.25, 0.3) is 0 Å². The number of hydrogen-bond acceptors (Lipinski definition) is 5. The van der Waals surface area contributed by atoms with Crippen LogP contribution in [0, 0.1) is 0 Å². The second-order valence-electron chi connectivity index (χ2n) is 14.0. The Morgan fingerprint density at radius 3 is 1.67 bits per heavy atom. The molecule has 0 heterocycles. The first-order chi connectivity index (χ1) is 24.0. The molecule has 49 heavy (non-hydrogen) atoms. The van der Waals surface area contributed by atoms with Crippen LogP contribution in [0.5, 0.6) is 0 Å². The number of nitrogens with one attached hydrogen (secondary N) is 1. The first-order valence-electron chi connectivity index (χ1n) is 20.7. The molecule has 0 spiro atoms. The number of ether oxygens (including phenoxy) is 1. The van der Waals surface area contributed by atoms with Crippen molar-refractivity contribution in [2.24, 2.45) is 0 Å². The van der Waals surface area contributed by atoms with E-state index in [1.807, 2.05) is 6.08 Å². The maximum Gasteiger partial charge on any atom is 0.306 e. The molecule has 0 aromatic carbocycles. The van der Waals surface area contributed by atoms with Gasteiger partial charge in [-0.15, -0.1) is 0 Å². The number of amides is 1. The molecule has 0 saturated heterocycles. The van der Waals surface area contributed by atoms with Crippen molar-refractivity contribution in [3.8, 4) is 0 Å². The Morgan fingerprint density at radius 1 is 0.592 bits per heavy atom. The largest absolute Gasteiger partial charge is 0.462 e. The van der Waals surface area contributed by atoms with Crippen LogP contribution in [0.2, 0.25) is 0 Å². The van der Waals surface area contributed by atoms with Crippen molar-refractivity contribution in [3.05, 3.63) is 36.5 Å². The van der Waals surface area contributed by atoms with E-state index in [0.717, 1.165) is 70.6 Å². The SMILES string of the molecule is CCC/C=C\CCCCCC(CC(=O)NC(CO)C(O)CCCCCCCCCCC)OC(=O)CC/C=C/C/C=C\CCCCCCCC. The highest BCUT2D eigenvalue weighted by Crippen LogP contribution is 2.16. The molecule has 0 rings (SSSR count). The van der Waals surface area contributed by atoms with Crippen LogP contribution >= 0.6 is 0 Å². The smallest absolute Gasteiger partial charge is 0.306 e. The Labute approximate surface area is 303 Å². The molecule has 0 saturated carbocycles. The summed E-state index contributed by atoms with van der Waals surface area (Å²) >= 11 is 0. The van der Waals surface area contributed by atoms with Crippen LogP contribution < -0.4 is 5.32 Å². The van der Waals surface area contributed by atoms with E-state index in [4.69, 9.17) is 4.74 Å². The molecule has 6 nitrogen and oxygen atoms in total. The number of hydrogen-bond donors (Lipinski definition) is 3. The van der Waals surface area contributed by atoms with Crippen LogP contribution in [0.1, 0.15) is 201 Å². The highest BCUT2D eigenvalue weighted by atomic mass is 16.5. The van der Waals surface area contributed by atoms with Crippen molar-refractivity contribution in [3.63, 3.8) is 0 Å². The fourth-order valence-corrected chi connectivity index (χ4v) is 6.01. The van der Waals surface area contributed by atoms with Crippen molar-refractivity contribution in [1.82, 2.24) is 5.32 Å². The highest BCUT2D eigenvalue weighted by Gasteiger charge is 2.23. The van der Waals surface area contributed by atoms with Crippen LogP contribution in [0.15, 0.2) is 36.5 Å².